The Morgan fingerprint density at radius 1 is 1.25 bits per heavy atom. The minimum Gasteiger partial charge on any atom is -0.486 e. The number of carboxylic acid groups (broad SMARTS) is 1. The first-order valence-electron chi connectivity index (χ1n) is 11.6. The monoisotopic (exact) mass is 496 g/mol. The number of rotatable bonds is 7. The predicted molar refractivity (Wildman–Crippen MR) is 125 cm³/mol. The van der Waals surface area contributed by atoms with E-state index < -0.39 is 30.2 Å². The lowest BCUT2D eigenvalue weighted by Crippen LogP contribution is -2.48. The molecular formula is C25H25FN4O6. The minimum atomic E-state index is -1.51. The van der Waals surface area contributed by atoms with Gasteiger partial charge in [-0.3, -0.25) is 9.59 Å². The maximum Gasteiger partial charge on any atom is 0.407 e. The van der Waals surface area contributed by atoms with Gasteiger partial charge in [0.1, 0.15) is 23.7 Å². The van der Waals surface area contributed by atoms with Crippen molar-refractivity contribution in [1.82, 2.24) is 9.88 Å². The zero-order valence-electron chi connectivity index (χ0n) is 19.5. The van der Waals surface area contributed by atoms with Crippen LogP contribution in [0.5, 0.6) is 5.75 Å². The number of pyridine rings is 1. The van der Waals surface area contributed by atoms with Gasteiger partial charge < -0.3 is 24.8 Å². The van der Waals surface area contributed by atoms with Crippen LogP contribution in [0.25, 0.3) is 11.1 Å². The molecule has 10 nitrogen and oxygen atoms in total. The number of hydrogen-bond donors (Lipinski definition) is 2. The van der Waals surface area contributed by atoms with Crippen molar-refractivity contribution in [2.45, 2.75) is 32.0 Å². The van der Waals surface area contributed by atoms with Crippen molar-refractivity contribution in [1.29, 1.82) is 5.26 Å². The minimum absolute atomic E-state index is 0.146. The number of anilines is 1. The van der Waals surface area contributed by atoms with Gasteiger partial charge in [0.15, 0.2) is 6.17 Å². The first kappa shape index (κ1) is 24.9. The van der Waals surface area contributed by atoms with Crippen LogP contribution in [0, 0.1) is 23.2 Å². The number of amides is 2. The number of nitrogens with zero attached hydrogens (tertiary/aromatic N) is 3. The van der Waals surface area contributed by atoms with Crippen LogP contribution in [0.4, 0.5) is 15.0 Å². The normalized spacial score (nSPS) is 22.8. The first-order valence-corrected chi connectivity index (χ1v) is 11.6. The zero-order chi connectivity index (χ0) is 25.8. The number of halogens is 1. The van der Waals surface area contributed by atoms with E-state index in [-0.39, 0.29) is 49.3 Å². The van der Waals surface area contributed by atoms with E-state index in [2.05, 4.69) is 16.4 Å². The van der Waals surface area contributed by atoms with E-state index >= 15 is 0 Å². The number of benzene rings is 1. The molecule has 1 aromatic heterocycles. The molecule has 11 heteroatoms. The zero-order valence-corrected chi connectivity index (χ0v) is 19.5. The molecule has 0 radical (unpaired) electrons. The lowest BCUT2D eigenvalue weighted by Gasteiger charge is -2.33. The summed E-state index contributed by atoms with van der Waals surface area (Å²) in [6.45, 7) is 1.84. The van der Waals surface area contributed by atoms with Crippen LogP contribution in [0.15, 0.2) is 36.5 Å². The maximum atomic E-state index is 14.5. The van der Waals surface area contributed by atoms with Crippen LogP contribution in [0.1, 0.15) is 25.3 Å². The third kappa shape index (κ3) is 5.54. The van der Waals surface area contributed by atoms with Gasteiger partial charge in [0.25, 0.3) is 0 Å². The summed E-state index contributed by atoms with van der Waals surface area (Å²) in [5, 5.41) is 21.4. The Hall–Kier alpha value is -4.20. The molecule has 2 amide bonds. The van der Waals surface area contributed by atoms with Crippen LogP contribution < -0.4 is 10.1 Å². The van der Waals surface area contributed by atoms with Gasteiger partial charge in [-0.2, -0.15) is 5.26 Å². The van der Waals surface area contributed by atoms with E-state index in [0.29, 0.717) is 23.4 Å². The highest BCUT2D eigenvalue weighted by Gasteiger charge is 2.49. The first-order chi connectivity index (χ1) is 17.3. The second-order valence-electron chi connectivity index (χ2n) is 8.63. The molecule has 0 spiro atoms. The van der Waals surface area contributed by atoms with Crippen LogP contribution in [0.3, 0.4) is 0 Å². The Morgan fingerprint density at radius 3 is 2.72 bits per heavy atom. The van der Waals surface area contributed by atoms with Crippen molar-refractivity contribution in [3.05, 3.63) is 42.1 Å². The van der Waals surface area contributed by atoms with E-state index in [0.717, 1.165) is 4.90 Å². The molecule has 2 heterocycles. The number of nitriles is 1. The molecule has 36 heavy (non-hydrogen) atoms. The van der Waals surface area contributed by atoms with E-state index in [1.54, 1.807) is 37.3 Å². The van der Waals surface area contributed by atoms with E-state index in [4.69, 9.17) is 14.6 Å². The summed E-state index contributed by atoms with van der Waals surface area (Å²) in [5.74, 6) is -1.06. The smallest absolute Gasteiger partial charge is 0.407 e. The molecule has 4 rings (SSSR count). The number of piperidine rings is 1. The molecule has 2 aromatic rings. The lowest BCUT2D eigenvalue weighted by atomic mass is 10.0. The highest BCUT2D eigenvalue weighted by Crippen LogP contribution is 2.40. The largest absolute Gasteiger partial charge is 0.486 e. The third-order valence-corrected chi connectivity index (χ3v) is 6.19. The second kappa shape index (κ2) is 10.6. The number of likely N-dealkylation sites (tertiary alicyclic amines) is 1. The average molecular weight is 496 g/mol. The Balaban J connectivity index is 1.43. The predicted octanol–water partition coefficient (Wildman–Crippen LogP) is 3.23. The van der Waals surface area contributed by atoms with Gasteiger partial charge >= 0.3 is 12.1 Å². The molecule has 2 N–H and O–H groups in total. The Kier molecular flexibility index (Phi) is 7.33. The van der Waals surface area contributed by atoms with Gasteiger partial charge in [-0.25, -0.2) is 14.2 Å². The molecule has 2 aliphatic rings. The number of esters is 1. The topological polar surface area (TPSA) is 142 Å². The van der Waals surface area contributed by atoms with E-state index in [1.165, 1.54) is 6.20 Å². The lowest BCUT2D eigenvalue weighted by molar-refractivity contribution is -0.145. The molecular weight excluding hydrogens is 471 g/mol. The van der Waals surface area contributed by atoms with Gasteiger partial charge in [-0.05, 0) is 48.7 Å². The molecule has 1 saturated heterocycles. The fraction of sp³-hybridized carbons (Fsp3) is 0.400. The quantitative estimate of drug-likeness (QED) is 0.557. The van der Waals surface area contributed by atoms with Crippen molar-refractivity contribution >= 4 is 23.8 Å². The summed E-state index contributed by atoms with van der Waals surface area (Å²) in [5.41, 5.74) is 1.53. The number of ether oxygens (including phenoxy) is 2. The Labute approximate surface area is 206 Å². The maximum absolute atomic E-state index is 14.5. The summed E-state index contributed by atoms with van der Waals surface area (Å²) in [6.07, 6.45) is -1.43. The summed E-state index contributed by atoms with van der Waals surface area (Å²) in [6, 6.07) is 10.3. The van der Waals surface area contributed by atoms with Gasteiger partial charge in [0, 0.05) is 19.2 Å². The molecule has 188 valence electrons. The van der Waals surface area contributed by atoms with Gasteiger partial charge in [0.2, 0.25) is 5.91 Å². The van der Waals surface area contributed by atoms with Crippen LogP contribution in [-0.4, -0.2) is 64.9 Å². The van der Waals surface area contributed by atoms with Crippen molar-refractivity contribution in [3.63, 3.8) is 0 Å². The average Bonchev–Trinajstić information content (AvgIpc) is 3.67. The SMILES string of the molecule is CCOC(=O)C1CC1C(=O)Nc1cc(-c2ccc(O[C@H]3CCN(C(=O)O)C[C@H]3F)c(C#N)c2)ccn1. The highest BCUT2D eigenvalue weighted by molar-refractivity contribution is 5.98. The van der Waals surface area contributed by atoms with E-state index in [9.17, 15) is 24.0 Å². The summed E-state index contributed by atoms with van der Waals surface area (Å²) in [7, 11) is 0. The molecule has 1 saturated carbocycles. The number of alkyl halides is 1. The number of carbonyl (C=O) groups is 3. The number of aromatic nitrogens is 1. The molecule has 2 unspecified atom stereocenters. The van der Waals surface area contributed by atoms with Crippen molar-refractivity contribution < 1.29 is 33.4 Å². The number of carbonyl (C=O) groups excluding carboxylic acids is 2. The summed E-state index contributed by atoms with van der Waals surface area (Å²) in [4.78, 5) is 40.5. The second-order valence-corrected chi connectivity index (χ2v) is 8.63. The van der Waals surface area contributed by atoms with Crippen LogP contribution in [0.2, 0.25) is 0 Å². The fourth-order valence-electron chi connectivity index (χ4n) is 4.14. The molecule has 1 aromatic carbocycles. The van der Waals surface area contributed by atoms with Gasteiger partial charge in [-0.15, -0.1) is 0 Å². The van der Waals surface area contributed by atoms with Gasteiger partial charge in [-0.1, -0.05) is 6.07 Å². The molecule has 1 aliphatic carbocycles. The summed E-state index contributed by atoms with van der Waals surface area (Å²) >= 11 is 0. The Bertz CT molecular complexity index is 1220. The highest BCUT2D eigenvalue weighted by atomic mass is 19.1. The van der Waals surface area contributed by atoms with Crippen LogP contribution >= 0.6 is 0 Å². The standard InChI is InChI=1S/C25H25FN4O6/c1-2-35-24(32)18-11-17(18)23(31)29-22-10-15(5-7-28-22)14-3-4-20(16(9-14)12-27)36-21-6-8-30(25(33)34)13-19(21)26/h3-5,7,9-10,17-19,21H,2,6,8,11,13H2,1H3,(H,33,34)(H,28,29,31)/t17?,18?,19-,21+/m1/s1. The Morgan fingerprint density at radius 2 is 2.03 bits per heavy atom. The van der Waals surface area contributed by atoms with Crippen molar-refractivity contribution in [2.75, 3.05) is 25.0 Å². The van der Waals surface area contributed by atoms with Crippen LogP contribution in [-0.2, 0) is 14.3 Å². The van der Waals surface area contributed by atoms with Crippen molar-refractivity contribution in [2.24, 2.45) is 11.8 Å². The van der Waals surface area contributed by atoms with E-state index in [1.807, 2.05) is 0 Å². The summed E-state index contributed by atoms with van der Waals surface area (Å²) < 4.78 is 25.2. The van der Waals surface area contributed by atoms with Crippen molar-refractivity contribution in [3.8, 4) is 22.9 Å². The molecule has 2 fully saturated rings. The number of hydrogen-bond acceptors (Lipinski definition) is 7. The third-order valence-electron chi connectivity index (χ3n) is 6.19. The number of nitrogens with one attached hydrogen (secondary N) is 1. The molecule has 4 atom stereocenters. The molecule has 0 bridgehead atoms. The van der Waals surface area contributed by atoms with Gasteiger partial charge in [0.05, 0.1) is 30.6 Å². The fourth-order valence-corrected chi connectivity index (χ4v) is 4.14. The molecule has 1 aliphatic heterocycles.